The molecule has 4 N–H and O–H groups in total. The average Bonchev–Trinajstić information content (AvgIpc) is 3.57. The van der Waals surface area contributed by atoms with Crippen molar-refractivity contribution in [2.75, 3.05) is 32.8 Å². The minimum atomic E-state index is -1.59. The number of nitrogens with zero attached hydrogens (tertiary/aromatic N) is 3. The van der Waals surface area contributed by atoms with E-state index in [1.165, 1.54) is 13.1 Å². The Labute approximate surface area is 315 Å². The maximum atomic E-state index is 11.8. The number of hydrogen-bond donors (Lipinski definition) is 4. The van der Waals surface area contributed by atoms with Gasteiger partial charge in [0.05, 0.1) is 29.9 Å². The van der Waals surface area contributed by atoms with Crippen LogP contribution in [0.3, 0.4) is 0 Å². The van der Waals surface area contributed by atoms with E-state index in [0.717, 1.165) is 71.6 Å². The van der Waals surface area contributed by atoms with E-state index in [9.17, 15) is 25.4 Å². The number of carboxylic acid groups (broad SMARTS) is 1. The van der Waals surface area contributed by atoms with Crippen molar-refractivity contribution in [3.8, 4) is 34.4 Å². The first-order valence-electron chi connectivity index (χ1n) is 17.7. The molecule has 1 aliphatic heterocycles. The van der Waals surface area contributed by atoms with E-state index >= 15 is 0 Å². The molecule has 2 heterocycles. The highest BCUT2D eigenvalue weighted by molar-refractivity contribution is 6.32. The van der Waals surface area contributed by atoms with Crippen LogP contribution < -0.4 is 19.5 Å². The number of β-amino-alcohol motifs (C(OH)–C–C–N with tert-alkyl or cyclic N) is 1. The van der Waals surface area contributed by atoms with Crippen molar-refractivity contribution in [3.63, 3.8) is 0 Å². The monoisotopic (exact) mass is 742 g/mol. The minimum Gasteiger partial charge on any atom is -0.493 e. The largest absolute Gasteiger partial charge is 0.493 e. The number of ether oxygens (including phenoxy) is 3. The number of rotatable bonds is 17. The van der Waals surface area contributed by atoms with Crippen LogP contribution in [0.15, 0.2) is 60.9 Å². The zero-order valence-corrected chi connectivity index (χ0v) is 31.4. The van der Waals surface area contributed by atoms with Crippen LogP contribution in [0.25, 0.3) is 11.1 Å². The molecule has 11 nitrogen and oxygen atoms in total. The Balaban J connectivity index is 1.35. The fourth-order valence-electron chi connectivity index (χ4n) is 6.30. The zero-order chi connectivity index (χ0) is 38.1. The number of aryl methyl sites for hydroxylation is 1. The van der Waals surface area contributed by atoms with Crippen LogP contribution in [0.2, 0.25) is 5.02 Å². The summed E-state index contributed by atoms with van der Waals surface area (Å²) in [6, 6.07) is 17.4. The smallest absolute Gasteiger partial charge is 0.326 e. The van der Waals surface area contributed by atoms with Crippen molar-refractivity contribution >= 4 is 17.6 Å². The standard InChI is InChI=1S/C41H47ClN4O7/c1-26-13-32(27(2)35(14-26)34-7-5-8-37(28(34)3)51-12-6-10-46-11-9-33(48)22-46)24-53-39-17-38(52-23-30-15-29(18-43)19-44-20-30)31(16-36(39)42)21-45-41(4,25-47)40(49)50/h5,7-8,13-17,19-20,33,45,47-48H,6,9-12,21-25H2,1-4H3,(H,49,50). The second-order valence-corrected chi connectivity index (χ2v) is 14.2. The highest BCUT2D eigenvalue weighted by Gasteiger charge is 2.32. The van der Waals surface area contributed by atoms with Crippen LogP contribution in [-0.2, 0) is 24.6 Å². The molecule has 1 aromatic heterocycles. The maximum Gasteiger partial charge on any atom is 0.326 e. The van der Waals surface area contributed by atoms with Crippen molar-refractivity contribution in [2.24, 2.45) is 0 Å². The second kappa shape index (κ2) is 17.9. The van der Waals surface area contributed by atoms with Gasteiger partial charge in [0.1, 0.15) is 42.1 Å². The topological polar surface area (TPSA) is 157 Å². The Kier molecular flexibility index (Phi) is 13.3. The van der Waals surface area contributed by atoms with Gasteiger partial charge in [-0.1, -0.05) is 41.4 Å². The molecule has 0 amide bonds. The van der Waals surface area contributed by atoms with E-state index < -0.39 is 18.1 Å². The summed E-state index contributed by atoms with van der Waals surface area (Å²) in [4.78, 5) is 18.2. The van der Waals surface area contributed by atoms with Gasteiger partial charge in [0, 0.05) is 55.8 Å². The van der Waals surface area contributed by atoms with E-state index in [-0.39, 0.29) is 25.9 Å². The molecule has 2 unspecified atom stereocenters. The van der Waals surface area contributed by atoms with E-state index in [4.69, 9.17) is 25.8 Å². The van der Waals surface area contributed by atoms with Crippen LogP contribution in [0.5, 0.6) is 17.2 Å². The van der Waals surface area contributed by atoms with E-state index in [1.54, 1.807) is 24.4 Å². The lowest BCUT2D eigenvalue weighted by Crippen LogP contribution is -2.52. The van der Waals surface area contributed by atoms with Gasteiger partial charge < -0.3 is 34.4 Å². The number of halogens is 1. The number of aromatic nitrogens is 1. The molecule has 1 fully saturated rings. The van der Waals surface area contributed by atoms with Gasteiger partial charge in [-0.05, 0) is 86.6 Å². The summed E-state index contributed by atoms with van der Waals surface area (Å²) in [5.74, 6) is 0.395. The fraction of sp³-hybridized carbons (Fsp3) is 0.390. The number of hydrogen-bond acceptors (Lipinski definition) is 10. The molecule has 1 saturated heterocycles. The van der Waals surface area contributed by atoms with Gasteiger partial charge in [-0.3, -0.25) is 15.1 Å². The summed E-state index contributed by atoms with van der Waals surface area (Å²) in [5, 5.41) is 41.7. The lowest BCUT2D eigenvalue weighted by molar-refractivity contribution is -0.145. The molecule has 2 atom stereocenters. The number of benzene rings is 3. The lowest BCUT2D eigenvalue weighted by Gasteiger charge is -2.25. The first kappa shape index (κ1) is 39.5. The molecule has 53 heavy (non-hydrogen) atoms. The van der Waals surface area contributed by atoms with Crippen LogP contribution >= 0.6 is 11.6 Å². The van der Waals surface area contributed by atoms with Crippen LogP contribution in [-0.4, -0.2) is 75.7 Å². The Morgan fingerprint density at radius 1 is 1.02 bits per heavy atom. The van der Waals surface area contributed by atoms with Crippen molar-refractivity contribution in [1.29, 1.82) is 5.26 Å². The summed E-state index contributed by atoms with van der Waals surface area (Å²) in [5.41, 5.74) is 6.32. The molecule has 4 aromatic rings. The number of likely N-dealkylation sites (tertiary alicyclic amines) is 1. The lowest BCUT2D eigenvalue weighted by atomic mass is 9.91. The molecule has 1 aliphatic rings. The molecular weight excluding hydrogens is 696 g/mol. The van der Waals surface area contributed by atoms with Gasteiger partial charge >= 0.3 is 5.97 Å². The Bertz CT molecular complexity index is 1970. The van der Waals surface area contributed by atoms with Gasteiger partial charge in [-0.15, -0.1) is 0 Å². The summed E-state index contributed by atoms with van der Waals surface area (Å²) in [6.45, 7) is 10.4. The zero-order valence-electron chi connectivity index (χ0n) is 30.6. The highest BCUT2D eigenvalue weighted by Crippen LogP contribution is 2.37. The number of nitrogens with one attached hydrogen (secondary N) is 1. The third-order valence-corrected chi connectivity index (χ3v) is 9.93. The third-order valence-electron chi connectivity index (χ3n) is 9.63. The fourth-order valence-corrected chi connectivity index (χ4v) is 6.55. The van der Waals surface area contributed by atoms with Crippen LogP contribution in [0, 0.1) is 32.1 Å². The predicted molar refractivity (Wildman–Crippen MR) is 202 cm³/mol. The molecule has 0 saturated carbocycles. The summed E-state index contributed by atoms with van der Waals surface area (Å²) >= 11 is 6.75. The summed E-state index contributed by atoms with van der Waals surface area (Å²) in [7, 11) is 0. The Hall–Kier alpha value is -4.70. The van der Waals surface area contributed by atoms with Crippen LogP contribution in [0.4, 0.5) is 0 Å². The number of aliphatic hydroxyl groups is 2. The maximum absolute atomic E-state index is 11.8. The van der Waals surface area contributed by atoms with Crippen LogP contribution in [0.1, 0.15) is 58.7 Å². The van der Waals surface area contributed by atoms with E-state index in [0.29, 0.717) is 39.8 Å². The van der Waals surface area contributed by atoms with Gasteiger partial charge in [-0.25, -0.2) is 0 Å². The number of carbonyl (C=O) groups is 1. The number of aliphatic hydroxyl groups excluding tert-OH is 2. The Morgan fingerprint density at radius 2 is 1.81 bits per heavy atom. The minimum absolute atomic E-state index is 0.0280. The van der Waals surface area contributed by atoms with Crippen molar-refractivity contribution < 1.29 is 34.3 Å². The third kappa shape index (κ3) is 10.0. The summed E-state index contributed by atoms with van der Waals surface area (Å²) < 4.78 is 18.8. The molecule has 12 heteroatoms. The quantitative estimate of drug-likeness (QED) is 0.0925. The SMILES string of the molecule is Cc1cc(COc2cc(OCc3cncc(C#N)c3)c(CNC(C)(CO)C(=O)O)cc2Cl)c(C)c(-c2cccc(OCCCN3CCC(O)C3)c2C)c1. The average molecular weight is 743 g/mol. The molecule has 0 bridgehead atoms. The number of pyridine rings is 1. The number of nitriles is 1. The first-order chi connectivity index (χ1) is 25.4. The second-order valence-electron chi connectivity index (χ2n) is 13.8. The molecule has 0 aliphatic carbocycles. The number of carboxylic acids is 1. The van der Waals surface area contributed by atoms with E-state index in [1.807, 2.05) is 19.1 Å². The van der Waals surface area contributed by atoms with Crippen molar-refractivity contribution in [3.05, 3.63) is 105 Å². The number of aliphatic carboxylic acids is 1. The molecular formula is C41H47ClN4O7. The molecule has 0 radical (unpaired) electrons. The van der Waals surface area contributed by atoms with Gasteiger partial charge in [-0.2, -0.15) is 5.26 Å². The summed E-state index contributed by atoms with van der Waals surface area (Å²) in [6.07, 6.45) is 4.55. The molecule has 5 rings (SSSR count). The Morgan fingerprint density at radius 3 is 2.53 bits per heavy atom. The normalized spacial score (nSPS) is 15.5. The van der Waals surface area contributed by atoms with Crippen molar-refractivity contribution in [2.45, 2.75) is 71.9 Å². The highest BCUT2D eigenvalue weighted by atomic mass is 35.5. The predicted octanol–water partition coefficient (Wildman–Crippen LogP) is 6.12. The van der Waals surface area contributed by atoms with Crippen molar-refractivity contribution in [1.82, 2.24) is 15.2 Å². The van der Waals surface area contributed by atoms with E-state index in [2.05, 4.69) is 53.3 Å². The van der Waals surface area contributed by atoms with Gasteiger partial charge in [0.25, 0.3) is 0 Å². The molecule has 0 spiro atoms. The van der Waals surface area contributed by atoms with Gasteiger partial charge in [0.15, 0.2) is 0 Å². The molecule has 3 aromatic carbocycles. The first-order valence-corrected chi connectivity index (χ1v) is 18.0. The van der Waals surface area contributed by atoms with Gasteiger partial charge in [0.2, 0.25) is 0 Å². The molecule has 280 valence electrons.